The molecule has 378 valence electrons. The van der Waals surface area contributed by atoms with Crippen molar-refractivity contribution in [3.05, 3.63) is 0 Å². The largest absolute Gasteiger partial charge is 0.480 e. The van der Waals surface area contributed by atoms with Crippen LogP contribution in [0.3, 0.4) is 0 Å². The van der Waals surface area contributed by atoms with Crippen LogP contribution in [0.15, 0.2) is 0 Å². The number of hydrogen-bond donors (Lipinski definition) is 10. The minimum Gasteiger partial charge on any atom is -0.480 e. The SMILES string of the molecule is NCC(=O)CCC(=O)N(CC(=O)O)CC(=O)CCC(=O)NCC(=O)N(CC(=O)O)CC(=O)NCCCC(=O)CN(CC(=O)O)C(=O)CCC(=O)CNC(=O)CN(CC(=O)O)C(=O)CNC(=O)CN. The van der Waals surface area contributed by atoms with Crippen molar-refractivity contribution in [2.75, 3.05) is 91.6 Å². The van der Waals surface area contributed by atoms with E-state index < -0.39 is 205 Å². The van der Waals surface area contributed by atoms with Gasteiger partial charge in [-0.25, -0.2) is 0 Å². The molecule has 0 unspecified atom stereocenters. The monoisotopic (exact) mass is 972 g/mol. The average Bonchev–Trinajstić information content (AvgIpc) is 3.26. The van der Waals surface area contributed by atoms with E-state index in [4.69, 9.17) is 21.7 Å². The Kier molecular flexibility index (Phi) is 29.1. The highest BCUT2D eigenvalue weighted by Crippen LogP contribution is 2.04. The molecule has 0 bridgehead atoms. The van der Waals surface area contributed by atoms with E-state index >= 15 is 0 Å². The predicted molar refractivity (Wildman–Crippen MR) is 224 cm³/mol. The van der Waals surface area contributed by atoms with Crippen molar-refractivity contribution >= 4 is 94.3 Å². The van der Waals surface area contributed by atoms with E-state index in [0.717, 1.165) is 0 Å². The molecule has 0 aliphatic rings. The van der Waals surface area contributed by atoms with Gasteiger partial charge in [-0.15, -0.1) is 0 Å². The maximum Gasteiger partial charge on any atom is 0.323 e. The Morgan fingerprint density at radius 2 is 0.691 bits per heavy atom. The zero-order chi connectivity index (χ0) is 51.9. The zero-order valence-electron chi connectivity index (χ0n) is 36.8. The van der Waals surface area contributed by atoms with E-state index in [9.17, 15) is 86.9 Å². The van der Waals surface area contributed by atoms with Gasteiger partial charge in [0.05, 0.1) is 45.8 Å². The Bertz CT molecular complexity index is 1790. The molecule has 0 aliphatic carbocycles. The molecule has 0 saturated heterocycles. The van der Waals surface area contributed by atoms with Crippen molar-refractivity contribution < 1.29 is 97.1 Å². The van der Waals surface area contributed by atoms with Crippen LogP contribution in [-0.2, 0) is 76.7 Å². The van der Waals surface area contributed by atoms with Gasteiger partial charge in [0.25, 0.3) is 0 Å². The fourth-order valence-electron chi connectivity index (χ4n) is 5.32. The Balaban J connectivity index is 4.99. The summed E-state index contributed by atoms with van der Waals surface area (Å²) >= 11 is 0. The van der Waals surface area contributed by atoms with Crippen LogP contribution in [0.25, 0.3) is 0 Å². The molecule has 0 saturated carbocycles. The number of nitrogens with zero attached hydrogens (tertiary/aromatic N) is 4. The third-order valence-electron chi connectivity index (χ3n) is 8.71. The number of nitrogens with two attached hydrogens (primary N) is 2. The fraction of sp³-hybridized carbons (Fsp3) is 0.579. The number of carbonyl (C=O) groups is 16. The van der Waals surface area contributed by atoms with Gasteiger partial charge >= 0.3 is 23.9 Å². The molecule has 0 atom stereocenters. The first-order valence-electron chi connectivity index (χ1n) is 20.4. The van der Waals surface area contributed by atoms with Gasteiger partial charge in [0, 0.05) is 51.5 Å². The predicted octanol–water partition coefficient (Wildman–Crippen LogP) is -7.58. The Morgan fingerprint density at radius 1 is 0.324 bits per heavy atom. The van der Waals surface area contributed by atoms with Crippen LogP contribution < -0.4 is 32.7 Å². The average molecular weight is 973 g/mol. The van der Waals surface area contributed by atoms with Crippen LogP contribution >= 0.6 is 0 Å². The van der Waals surface area contributed by atoms with Crippen LogP contribution in [0.2, 0.25) is 0 Å². The molecule has 30 heteroatoms. The summed E-state index contributed by atoms with van der Waals surface area (Å²) in [5.41, 5.74) is 10.3. The third-order valence-corrected chi connectivity index (χ3v) is 8.71. The van der Waals surface area contributed by atoms with Crippen molar-refractivity contribution in [2.24, 2.45) is 11.5 Å². The molecule has 0 rings (SSSR count). The van der Waals surface area contributed by atoms with Crippen LogP contribution in [0.4, 0.5) is 0 Å². The number of Topliss-reactive ketones (excluding diaryl/α,β-unsaturated/α-hetero) is 4. The van der Waals surface area contributed by atoms with Crippen molar-refractivity contribution in [1.29, 1.82) is 0 Å². The number of carboxylic acid groups (broad SMARTS) is 4. The molecule has 68 heavy (non-hydrogen) atoms. The summed E-state index contributed by atoms with van der Waals surface area (Å²) in [5.74, 6) is -15.7. The highest BCUT2D eigenvalue weighted by Gasteiger charge is 2.25. The zero-order valence-corrected chi connectivity index (χ0v) is 36.8. The van der Waals surface area contributed by atoms with Crippen LogP contribution in [-0.4, -0.2) is 226 Å². The second kappa shape index (κ2) is 32.8. The summed E-state index contributed by atoms with van der Waals surface area (Å²) in [5, 5.41) is 45.4. The molecule has 30 nitrogen and oxygen atoms in total. The van der Waals surface area contributed by atoms with E-state index in [1.54, 1.807) is 0 Å². The highest BCUT2D eigenvalue weighted by atomic mass is 16.4. The van der Waals surface area contributed by atoms with Crippen molar-refractivity contribution in [3.63, 3.8) is 0 Å². The van der Waals surface area contributed by atoms with Gasteiger partial charge in [0.1, 0.15) is 45.1 Å². The molecule has 0 aromatic carbocycles. The van der Waals surface area contributed by atoms with Gasteiger partial charge < -0.3 is 72.8 Å². The Labute approximate surface area is 386 Å². The van der Waals surface area contributed by atoms with Gasteiger partial charge in [0.2, 0.25) is 47.3 Å². The molecule has 0 radical (unpaired) electrons. The van der Waals surface area contributed by atoms with Crippen molar-refractivity contribution in [2.45, 2.75) is 51.4 Å². The minimum atomic E-state index is -1.53. The first kappa shape index (κ1) is 60.2. The van der Waals surface area contributed by atoms with Gasteiger partial charge in [-0.05, 0) is 6.42 Å². The summed E-state index contributed by atoms with van der Waals surface area (Å²) < 4.78 is 0. The van der Waals surface area contributed by atoms with Crippen LogP contribution in [0.1, 0.15) is 51.4 Å². The molecule has 0 aromatic heterocycles. The van der Waals surface area contributed by atoms with Gasteiger partial charge in [-0.2, -0.15) is 0 Å². The van der Waals surface area contributed by atoms with Gasteiger partial charge in [-0.3, -0.25) is 76.7 Å². The number of hydrogen-bond acceptors (Lipinski definition) is 18. The summed E-state index contributed by atoms with van der Waals surface area (Å²) in [4.78, 5) is 195. The van der Waals surface area contributed by atoms with Crippen molar-refractivity contribution in [3.8, 4) is 0 Å². The highest BCUT2D eigenvalue weighted by molar-refractivity contribution is 5.95. The quantitative estimate of drug-likeness (QED) is 0.0259. The maximum absolute atomic E-state index is 12.8. The minimum absolute atomic E-state index is 0.0759. The van der Waals surface area contributed by atoms with Crippen LogP contribution in [0.5, 0.6) is 0 Å². The Hall–Kier alpha value is -7.76. The number of aliphatic carboxylic acids is 4. The van der Waals surface area contributed by atoms with Gasteiger partial charge in [0.15, 0.2) is 17.3 Å². The smallest absolute Gasteiger partial charge is 0.323 e. The molecular weight excluding hydrogens is 916 g/mol. The van der Waals surface area contributed by atoms with Crippen LogP contribution in [0, 0.1) is 0 Å². The molecule has 0 heterocycles. The first-order chi connectivity index (χ1) is 31.9. The lowest BCUT2D eigenvalue weighted by atomic mass is 10.1. The standard InChI is InChI=1S/C38H56N10O20/c39-10-23(49)4-7-31(57)46(20-36(63)64)16-26(52)3-6-27(53)43-13-33(59)47(21-37(65)66)17-29(55)41-9-1-2-25(51)15-45(19-35(61)62)32(58)8-5-24(50)12-42-30(56)18-48(22-38(67)68)34(60)14-44-28(54)11-40/h1-22,39-40H2,(H,41,55)(H,42,56)(H,43,53)(H,44,54)(H,61,62)(H,63,64)(H,65,66)(H,67,68). The number of ketones is 4. The van der Waals surface area contributed by atoms with Gasteiger partial charge in [-0.1, -0.05) is 0 Å². The fourth-order valence-corrected chi connectivity index (χ4v) is 5.32. The topological polar surface area (TPSA) is 467 Å². The summed E-state index contributed by atoms with van der Waals surface area (Å²) in [7, 11) is 0. The normalized spacial score (nSPS) is 10.3. The number of carboxylic acids is 4. The number of nitrogens with one attached hydrogen (secondary N) is 4. The number of amides is 8. The molecule has 12 N–H and O–H groups in total. The third kappa shape index (κ3) is 28.9. The molecular formula is C38H56N10O20. The van der Waals surface area contributed by atoms with E-state index in [1.165, 1.54) is 0 Å². The summed E-state index contributed by atoms with van der Waals surface area (Å²) in [6.45, 7) is -9.90. The molecule has 0 spiro atoms. The molecule has 0 aliphatic heterocycles. The molecule has 8 amide bonds. The lowest BCUT2D eigenvalue weighted by Gasteiger charge is -2.21. The number of rotatable bonds is 37. The second-order valence-corrected chi connectivity index (χ2v) is 14.4. The maximum atomic E-state index is 12.8. The molecule has 0 fully saturated rings. The Morgan fingerprint density at radius 3 is 1.12 bits per heavy atom. The van der Waals surface area contributed by atoms with Crippen molar-refractivity contribution in [1.82, 2.24) is 40.9 Å². The van der Waals surface area contributed by atoms with E-state index in [0.29, 0.717) is 19.6 Å². The van der Waals surface area contributed by atoms with E-state index in [2.05, 4.69) is 21.3 Å². The van der Waals surface area contributed by atoms with E-state index in [1.807, 2.05) is 0 Å². The lowest BCUT2D eigenvalue weighted by molar-refractivity contribution is -0.146. The van der Waals surface area contributed by atoms with E-state index in [-0.39, 0.29) is 32.4 Å². The number of carbonyl (C=O) groups excluding carboxylic acids is 12. The second-order valence-electron chi connectivity index (χ2n) is 14.4. The first-order valence-corrected chi connectivity index (χ1v) is 20.4. The molecule has 0 aromatic rings. The summed E-state index contributed by atoms with van der Waals surface area (Å²) in [6.07, 6.45) is -3.21. The lowest BCUT2D eigenvalue weighted by Crippen LogP contribution is -2.48. The summed E-state index contributed by atoms with van der Waals surface area (Å²) in [6, 6.07) is 0.